The van der Waals surface area contributed by atoms with Gasteiger partial charge < -0.3 is 14.6 Å². The lowest BCUT2D eigenvalue weighted by Gasteiger charge is -2.13. The molecule has 0 saturated carbocycles. The molecule has 8 heteroatoms. The minimum Gasteiger partial charge on any atom is -0.497 e. The van der Waals surface area contributed by atoms with Gasteiger partial charge in [-0.25, -0.2) is 0 Å². The van der Waals surface area contributed by atoms with Crippen molar-refractivity contribution in [2.75, 3.05) is 19.5 Å². The third-order valence-corrected chi connectivity index (χ3v) is 6.24. The van der Waals surface area contributed by atoms with Gasteiger partial charge in [-0.3, -0.25) is 4.57 Å². The molecule has 0 unspecified atom stereocenters. The van der Waals surface area contributed by atoms with Crippen molar-refractivity contribution in [1.29, 1.82) is 0 Å². The Hall–Kier alpha value is -2.81. The molecular formula is C22H21N3O3S2. The topological polar surface area (TPSA) is 69.4 Å². The van der Waals surface area contributed by atoms with Gasteiger partial charge in [-0.2, -0.15) is 0 Å². The van der Waals surface area contributed by atoms with Crippen LogP contribution in [0.3, 0.4) is 0 Å². The quantitative estimate of drug-likeness (QED) is 0.386. The molecule has 4 aromatic rings. The first-order valence-corrected chi connectivity index (χ1v) is 11.2. The predicted octanol–water partition coefficient (Wildman–Crippen LogP) is 4.54. The molecule has 0 spiro atoms. The summed E-state index contributed by atoms with van der Waals surface area (Å²) in [5, 5.41) is 21.9. The number of benzene rings is 2. The molecular weight excluding hydrogens is 418 g/mol. The molecule has 6 nitrogen and oxygen atoms in total. The molecule has 1 N–H and O–H groups in total. The normalized spacial score (nSPS) is 11.9. The molecule has 0 saturated heterocycles. The number of aromatic nitrogens is 3. The third-order valence-electron chi connectivity index (χ3n) is 4.30. The fraction of sp³-hybridized carbons (Fsp3) is 0.182. The van der Waals surface area contributed by atoms with Crippen molar-refractivity contribution in [2.24, 2.45) is 0 Å². The second kappa shape index (κ2) is 9.80. The van der Waals surface area contributed by atoms with Crippen LogP contribution in [0.2, 0.25) is 0 Å². The monoisotopic (exact) mass is 439 g/mol. The molecule has 30 heavy (non-hydrogen) atoms. The average Bonchev–Trinajstić information content (AvgIpc) is 3.47. The molecule has 0 aliphatic carbocycles. The Morgan fingerprint density at radius 3 is 2.47 bits per heavy atom. The number of hydrogen-bond acceptors (Lipinski definition) is 7. The highest BCUT2D eigenvalue weighted by Crippen LogP contribution is 2.30. The van der Waals surface area contributed by atoms with Crippen LogP contribution in [0.15, 0.2) is 77.3 Å². The fourth-order valence-corrected chi connectivity index (χ4v) is 4.38. The largest absolute Gasteiger partial charge is 0.497 e. The number of nitrogens with zero attached hydrogens (tertiary/aromatic N) is 3. The van der Waals surface area contributed by atoms with Crippen LogP contribution in [0.4, 0.5) is 0 Å². The number of thioether (sulfide) groups is 1. The minimum atomic E-state index is -0.650. The van der Waals surface area contributed by atoms with Crippen LogP contribution in [0.25, 0.3) is 16.4 Å². The van der Waals surface area contributed by atoms with Gasteiger partial charge in [0, 0.05) is 11.4 Å². The van der Waals surface area contributed by atoms with E-state index in [2.05, 4.69) is 10.2 Å². The number of hydrogen-bond donors (Lipinski definition) is 1. The second-order valence-corrected chi connectivity index (χ2v) is 8.34. The lowest BCUT2D eigenvalue weighted by atomic mass is 10.3. The average molecular weight is 440 g/mol. The molecule has 0 aliphatic heterocycles. The molecule has 0 aliphatic rings. The zero-order chi connectivity index (χ0) is 20.8. The van der Waals surface area contributed by atoms with Crippen LogP contribution in [-0.2, 0) is 0 Å². The van der Waals surface area contributed by atoms with E-state index in [-0.39, 0.29) is 6.61 Å². The third kappa shape index (κ3) is 4.84. The maximum absolute atomic E-state index is 10.4. The number of para-hydroxylation sites is 1. The van der Waals surface area contributed by atoms with Gasteiger partial charge in [0.05, 0.1) is 18.1 Å². The summed E-state index contributed by atoms with van der Waals surface area (Å²) >= 11 is 3.07. The minimum absolute atomic E-state index is 0.191. The first kappa shape index (κ1) is 20.5. The summed E-state index contributed by atoms with van der Waals surface area (Å²) in [4.78, 5) is 1.04. The van der Waals surface area contributed by atoms with Crippen molar-refractivity contribution >= 4 is 23.1 Å². The Morgan fingerprint density at radius 2 is 1.77 bits per heavy atom. The summed E-state index contributed by atoms with van der Waals surface area (Å²) in [6.07, 6.45) is -0.650. The molecule has 154 valence electrons. The molecule has 0 bridgehead atoms. The summed E-state index contributed by atoms with van der Waals surface area (Å²) in [6.45, 7) is 0.191. The summed E-state index contributed by atoms with van der Waals surface area (Å²) in [6, 6.07) is 21.3. The standard InChI is InChI=1S/C22H21N3O3S2/c1-27-18-9-11-19(12-10-18)28-14-17(26)15-30-22-24-23-21(20-8-5-13-29-20)25(22)16-6-3-2-4-7-16/h2-13,17,26H,14-15H2,1H3/t17-/m0/s1. The Labute approximate surface area is 183 Å². The van der Waals surface area contributed by atoms with E-state index in [0.717, 1.165) is 27.3 Å². The summed E-state index contributed by atoms with van der Waals surface area (Å²) in [5.74, 6) is 2.68. The molecule has 0 amide bonds. The van der Waals surface area contributed by atoms with E-state index in [1.54, 1.807) is 18.4 Å². The smallest absolute Gasteiger partial charge is 0.196 e. The number of thiophene rings is 1. The maximum atomic E-state index is 10.4. The molecule has 2 aromatic carbocycles. The van der Waals surface area contributed by atoms with E-state index in [0.29, 0.717) is 11.5 Å². The second-order valence-electron chi connectivity index (χ2n) is 6.41. The molecule has 1 atom stereocenters. The van der Waals surface area contributed by atoms with E-state index in [1.807, 2.05) is 76.7 Å². The molecule has 2 aromatic heterocycles. The molecule has 4 rings (SSSR count). The van der Waals surface area contributed by atoms with Gasteiger partial charge in [-0.15, -0.1) is 21.5 Å². The SMILES string of the molecule is COc1ccc(OC[C@H](O)CSc2nnc(-c3cccs3)n2-c2ccccc2)cc1. The first-order chi connectivity index (χ1) is 14.7. The van der Waals surface area contributed by atoms with Crippen molar-refractivity contribution in [1.82, 2.24) is 14.8 Å². The van der Waals surface area contributed by atoms with Crippen LogP contribution >= 0.6 is 23.1 Å². The number of methoxy groups -OCH3 is 1. The molecule has 0 fully saturated rings. The lowest BCUT2D eigenvalue weighted by molar-refractivity contribution is 0.126. The maximum Gasteiger partial charge on any atom is 0.196 e. The van der Waals surface area contributed by atoms with Gasteiger partial charge in [0.1, 0.15) is 18.1 Å². The van der Waals surface area contributed by atoms with E-state index < -0.39 is 6.10 Å². The zero-order valence-corrected chi connectivity index (χ0v) is 18.0. The fourth-order valence-electron chi connectivity index (χ4n) is 2.82. The zero-order valence-electron chi connectivity index (χ0n) is 16.3. The van der Waals surface area contributed by atoms with Gasteiger partial charge in [-0.05, 0) is 47.8 Å². The Kier molecular flexibility index (Phi) is 6.68. The van der Waals surface area contributed by atoms with Crippen molar-refractivity contribution < 1.29 is 14.6 Å². The number of ether oxygens (including phenoxy) is 2. The van der Waals surface area contributed by atoms with Gasteiger partial charge in [0.2, 0.25) is 0 Å². The van der Waals surface area contributed by atoms with Crippen LogP contribution in [0.1, 0.15) is 0 Å². The summed E-state index contributed by atoms with van der Waals surface area (Å²) < 4.78 is 12.8. The lowest BCUT2D eigenvalue weighted by Crippen LogP contribution is -2.20. The van der Waals surface area contributed by atoms with Crippen LogP contribution in [0, 0.1) is 0 Å². The van der Waals surface area contributed by atoms with Crippen molar-refractivity contribution in [3.05, 3.63) is 72.1 Å². The summed E-state index contributed by atoms with van der Waals surface area (Å²) in [7, 11) is 1.62. The summed E-state index contributed by atoms with van der Waals surface area (Å²) in [5.41, 5.74) is 0.984. The van der Waals surface area contributed by atoms with Crippen LogP contribution in [0.5, 0.6) is 11.5 Å². The van der Waals surface area contributed by atoms with E-state index in [9.17, 15) is 5.11 Å². The van der Waals surface area contributed by atoms with Gasteiger partial charge in [0.15, 0.2) is 11.0 Å². The highest BCUT2D eigenvalue weighted by Gasteiger charge is 2.18. The van der Waals surface area contributed by atoms with Crippen LogP contribution in [-0.4, -0.2) is 45.4 Å². The van der Waals surface area contributed by atoms with Gasteiger partial charge in [-0.1, -0.05) is 36.0 Å². The molecule has 0 radical (unpaired) electrons. The van der Waals surface area contributed by atoms with Gasteiger partial charge in [0.25, 0.3) is 0 Å². The van der Waals surface area contributed by atoms with Gasteiger partial charge >= 0.3 is 0 Å². The highest BCUT2D eigenvalue weighted by molar-refractivity contribution is 7.99. The van der Waals surface area contributed by atoms with E-state index in [1.165, 1.54) is 11.8 Å². The first-order valence-electron chi connectivity index (χ1n) is 9.37. The Balaban J connectivity index is 1.44. The molecule has 2 heterocycles. The number of aliphatic hydroxyl groups excluding tert-OH is 1. The van der Waals surface area contributed by atoms with Crippen LogP contribution < -0.4 is 9.47 Å². The Bertz CT molecular complexity index is 1050. The van der Waals surface area contributed by atoms with E-state index >= 15 is 0 Å². The highest BCUT2D eigenvalue weighted by atomic mass is 32.2. The van der Waals surface area contributed by atoms with E-state index in [4.69, 9.17) is 9.47 Å². The van der Waals surface area contributed by atoms with Crippen molar-refractivity contribution in [3.8, 4) is 27.9 Å². The number of aliphatic hydroxyl groups is 1. The van der Waals surface area contributed by atoms with Crippen molar-refractivity contribution in [3.63, 3.8) is 0 Å². The number of rotatable bonds is 9. The Morgan fingerprint density at radius 1 is 1.00 bits per heavy atom. The van der Waals surface area contributed by atoms with Crippen molar-refractivity contribution in [2.45, 2.75) is 11.3 Å². The predicted molar refractivity (Wildman–Crippen MR) is 120 cm³/mol.